The van der Waals surface area contributed by atoms with Gasteiger partial charge in [-0.3, -0.25) is 4.79 Å². The van der Waals surface area contributed by atoms with E-state index >= 15 is 0 Å². The van der Waals surface area contributed by atoms with Gasteiger partial charge in [0.1, 0.15) is 12.1 Å². The fourth-order valence-corrected chi connectivity index (χ4v) is 0.933. The summed E-state index contributed by atoms with van der Waals surface area (Å²) >= 11 is 0. The third-order valence-electron chi connectivity index (χ3n) is 1.63. The second-order valence-corrected chi connectivity index (χ2v) is 2.72. The summed E-state index contributed by atoms with van der Waals surface area (Å²) in [7, 11) is 0. The number of Topliss-reactive ketones (excluding diaryl/α,β-unsaturated/α-hetero) is 1. The molecule has 0 saturated heterocycles. The predicted octanol–water partition coefficient (Wildman–Crippen LogP) is 1.31. The molecule has 1 aromatic rings. The highest BCUT2D eigenvalue weighted by molar-refractivity contribution is 5.80. The van der Waals surface area contributed by atoms with Crippen molar-refractivity contribution in [3.63, 3.8) is 0 Å². The molecule has 64 valence electrons. The molecule has 0 aliphatic carbocycles. The minimum absolute atomic E-state index is 0.216. The number of aryl methyl sites for hydroxylation is 1. The van der Waals surface area contributed by atoms with Crippen LogP contribution in [0.3, 0.4) is 0 Å². The zero-order chi connectivity index (χ0) is 8.97. The van der Waals surface area contributed by atoms with Crippen molar-refractivity contribution in [2.24, 2.45) is 0 Å². The normalized spacial score (nSPS) is 9.83. The topological polar surface area (TPSA) is 42.9 Å². The predicted molar refractivity (Wildman–Crippen MR) is 45.8 cm³/mol. The van der Waals surface area contributed by atoms with Crippen molar-refractivity contribution < 1.29 is 4.79 Å². The highest BCUT2D eigenvalue weighted by Gasteiger charge is 2.01. The summed E-state index contributed by atoms with van der Waals surface area (Å²) in [4.78, 5) is 19.0. The van der Waals surface area contributed by atoms with Gasteiger partial charge in [0.2, 0.25) is 0 Å². The van der Waals surface area contributed by atoms with Crippen molar-refractivity contribution in [3.8, 4) is 0 Å². The minimum Gasteiger partial charge on any atom is -0.299 e. The second kappa shape index (κ2) is 3.95. The molecule has 0 radical (unpaired) electrons. The molecule has 0 saturated carbocycles. The number of aromatic nitrogens is 2. The van der Waals surface area contributed by atoms with Gasteiger partial charge >= 0.3 is 0 Å². The Balaban J connectivity index is 2.69. The van der Waals surface area contributed by atoms with Crippen molar-refractivity contribution in [2.45, 2.75) is 26.7 Å². The Labute approximate surface area is 71.9 Å². The third kappa shape index (κ3) is 2.42. The highest BCUT2D eigenvalue weighted by Crippen LogP contribution is 1.99. The Hall–Kier alpha value is -1.25. The van der Waals surface area contributed by atoms with Gasteiger partial charge in [0.05, 0.1) is 5.69 Å². The molecule has 0 amide bonds. The van der Waals surface area contributed by atoms with Crippen LogP contribution in [0.15, 0.2) is 12.4 Å². The van der Waals surface area contributed by atoms with Crippen molar-refractivity contribution in [3.05, 3.63) is 23.8 Å². The molecule has 0 bridgehead atoms. The molecular formula is C9H12N2O. The molecule has 0 spiro atoms. The van der Waals surface area contributed by atoms with Gasteiger partial charge in [-0.25, -0.2) is 9.97 Å². The molecule has 1 heterocycles. The van der Waals surface area contributed by atoms with E-state index in [2.05, 4.69) is 9.97 Å². The number of nitrogens with zero attached hydrogens (tertiary/aromatic N) is 2. The molecule has 0 aliphatic rings. The van der Waals surface area contributed by atoms with E-state index in [1.54, 1.807) is 0 Å². The Bertz CT molecular complexity index is 284. The standard InChI is InChI=1S/C9H12N2O/c1-3-9(12)5-8-4-7(2)10-6-11-8/h4,6H,3,5H2,1-2H3. The number of carbonyl (C=O) groups is 1. The van der Waals surface area contributed by atoms with Gasteiger partial charge < -0.3 is 0 Å². The van der Waals surface area contributed by atoms with E-state index in [0.717, 1.165) is 11.4 Å². The van der Waals surface area contributed by atoms with Crippen molar-refractivity contribution in [1.82, 2.24) is 9.97 Å². The summed E-state index contributed by atoms with van der Waals surface area (Å²) in [5.74, 6) is 0.216. The van der Waals surface area contributed by atoms with Crippen LogP contribution in [0.25, 0.3) is 0 Å². The van der Waals surface area contributed by atoms with E-state index < -0.39 is 0 Å². The molecule has 3 heteroatoms. The summed E-state index contributed by atoms with van der Waals surface area (Å²) in [6, 6.07) is 1.84. The second-order valence-electron chi connectivity index (χ2n) is 2.72. The van der Waals surface area contributed by atoms with Gasteiger partial charge in [-0.1, -0.05) is 6.92 Å². The van der Waals surface area contributed by atoms with Crippen molar-refractivity contribution in [1.29, 1.82) is 0 Å². The lowest BCUT2D eigenvalue weighted by Crippen LogP contribution is -2.03. The lowest BCUT2D eigenvalue weighted by Gasteiger charge is -1.97. The van der Waals surface area contributed by atoms with Crippen LogP contribution in [0.4, 0.5) is 0 Å². The maximum absolute atomic E-state index is 11.0. The van der Waals surface area contributed by atoms with E-state index in [1.807, 2.05) is 19.9 Å². The van der Waals surface area contributed by atoms with Gasteiger partial charge in [-0.2, -0.15) is 0 Å². The van der Waals surface area contributed by atoms with Gasteiger partial charge in [0.25, 0.3) is 0 Å². The van der Waals surface area contributed by atoms with Gasteiger partial charge in [-0.15, -0.1) is 0 Å². The van der Waals surface area contributed by atoms with E-state index in [4.69, 9.17) is 0 Å². The maximum atomic E-state index is 11.0. The molecular weight excluding hydrogens is 152 g/mol. The zero-order valence-electron chi connectivity index (χ0n) is 7.37. The van der Waals surface area contributed by atoms with Crippen LogP contribution in [0.5, 0.6) is 0 Å². The number of rotatable bonds is 3. The summed E-state index contributed by atoms with van der Waals surface area (Å²) in [6.45, 7) is 3.75. The number of hydrogen-bond donors (Lipinski definition) is 0. The van der Waals surface area contributed by atoms with Crippen LogP contribution in [-0.2, 0) is 11.2 Å². The quantitative estimate of drug-likeness (QED) is 0.676. The van der Waals surface area contributed by atoms with E-state index in [0.29, 0.717) is 12.8 Å². The smallest absolute Gasteiger partial charge is 0.138 e. The van der Waals surface area contributed by atoms with Crippen LogP contribution in [0.2, 0.25) is 0 Å². The molecule has 0 aliphatic heterocycles. The number of hydrogen-bond acceptors (Lipinski definition) is 3. The number of ketones is 1. The molecule has 0 fully saturated rings. The molecule has 12 heavy (non-hydrogen) atoms. The Morgan fingerprint density at radius 1 is 1.50 bits per heavy atom. The fourth-order valence-electron chi connectivity index (χ4n) is 0.933. The Kier molecular flexibility index (Phi) is 2.91. The molecule has 0 atom stereocenters. The molecule has 0 aromatic carbocycles. The van der Waals surface area contributed by atoms with Crippen molar-refractivity contribution >= 4 is 5.78 Å². The first-order valence-corrected chi connectivity index (χ1v) is 4.01. The lowest BCUT2D eigenvalue weighted by molar-refractivity contribution is -0.118. The minimum atomic E-state index is 0.216. The van der Waals surface area contributed by atoms with Crippen LogP contribution >= 0.6 is 0 Å². The lowest BCUT2D eigenvalue weighted by atomic mass is 10.1. The summed E-state index contributed by atoms with van der Waals surface area (Å²) in [6.07, 6.45) is 2.50. The Morgan fingerprint density at radius 2 is 2.25 bits per heavy atom. The van der Waals surface area contributed by atoms with Gasteiger partial charge in [0.15, 0.2) is 0 Å². The maximum Gasteiger partial charge on any atom is 0.138 e. The van der Waals surface area contributed by atoms with E-state index in [1.165, 1.54) is 6.33 Å². The Morgan fingerprint density at radius 3 is 2.83 bits per heavy atom. The number of carbonyl (C=O) groups excluding carboxylic acids is 1. The first-order chi connectivity index (χ1) is 5.72. The molecule has 0 N–H and O–H groups in total. The first-order valence-electron chi connectivity index (χ1n) is 4.01. The first kappa shape index (κ1) is 8.84. The van der Waals surface area contributed by atoms with Gasteiger partial charge in [-0.05, 0) is 13.0 Å². The SMILES string of the molecule is CCC(=O)Cc1cc(C)ncn1. The van der Waals surface area contributed by atoms with Crippen LogP contribution < -0.4 is 0 Å². The largest absolute Gasteiger partial charge is 0.299 e. The van der Waals surface area contributed by atoms with Crippen LogP contribution in [0.1, 0.15) is 24.7 Å². The molecule has 0 unspecified atom stereocenters. The highest BCUT2D eigenvalue weighted by atomic mass is 16.1. The fraction of sp³-hybridized carbons (Fsp3) is 0.444. The molecule has 3 nitrogen and oxygen atoms in total. The summed E-state index contributed by atoms with van der Waals surface area (Å²) < 4.78 is 0. The van der Waals surface area contributed by atoms with Crippen molar-refractivity contribution in [2.75, 3.05) is 0 Å². The van der Waals surface area contributed by atoms with E-state index in [-0.39, 0.29) is 5.78 Å². The molecule has 1 aromatic heterocycles. The summed E-state index contributed by atoms with van der Waals surface area (Å²) in [5.41, 5.74) is 1.72. The third-order valence-corrected chi connectivity index (χ3v) is 1.63. The van der Waals surface area contributed by atoms with Gasteiger partial charge in [0, 0.05) is 18.5 Å². The van der Waals surface area contributed by atoms with Crippen LogP contribution in [-0.4, -0.2) is 15.8 Å². The zero-order valence-corrected chi connectivity index (χ0v) is 7.37. The summed E-state index contributed by atoms with van der Waals surface area (Å²) in [5, 5.41) is 0. The average Bonchev–Trinajstić information content (AvgIpc) is 2.04. The van der Waals surface area contributed by atoms with E-state index in [9.17, 15) is 4.79 Å². The van der Waals surface area contributed by atoms with Crippen LogP contribution in [0, 0.1) is 6.92 Å². The monoisotopic (exact) mass is 164 g/mol. The average molecular weight is 164 g/mol. The molecule has 1 rings (SSSR count).